The number of aryl methyl sites for hydroxylation is 1. The predicted octanol–water partition coefficient (Wildman–Crippen LogP) is 1.60. The topological polar surface area (TPSA) is 108 Å². The molecule has 1 atom stereocenters. The van der Waals surface area contributed by atoms with Crippen molar-refractivity contribution in [2.45, 2.75) is 25.9 Å². The monoisotopic (exact) mass is 342 g/mol. The smallest absolute Gasteiger partial charge is 0.249 e. The molecule has 0 bridgehead atoms. The Hall–Kier alpha value is -3.23. The Balaban J connectivity index is 1.57. The van der Waals surface area contributed by atoms with Gasteiger partial charge >= 0.3 is 0 Å². The second-order valence-corrected chi connectivity index (χ2v) is 5.42. The summed E-state index contributed by atoms with van der Waals surface area (Å²) in [4.78, 5) is 16.3. The van der Waals surface area contributed by atoms with E-state index in [0.717, 1.165) is 11.3 Å². The number of nitrogens with zero attached hydrogens (tertiary/aromatic N) is 5. The van der Waals surface area contributed by atoms with Crippen molar-refractivity contribution in [3.63, 3.8) is 0 Å². The highest BCUT2D eigenvalue weighted by molar-refractivity contribution is 5.76. The fourth-order valence-corrected chi connectivity index (χ4v) is 2.21. The number of rotatable bonds is 7. The third-order valence-electron chi connectivity index (χ3n) is 3.60. The highest BCUT2D eigenvalue weighted by Gasteiger charge is 2.17. The highest BCUT2D eigenvalue weighted by Crippen LogP contribution is 2.21. The van der Waals surface area contributed by atoms with Gasteiger partial charge in [0.05, 0.1) is 7.11 Å². The minimum Gasteiger partial charge on any atom is -0.497 e. The van der Waals surface area contributed by atoms with Gasteiger partial charge in [0.25, 0.3) is 0 Å². The van der Waals surface area contributed by atoms with Gasteiger partial charge in [0, 0.05) is 18.5 Å². The van der Waals surface area contributed by atoms with Gasteiger partial charge in [0.2, 0.25) is 17.6 Å². The standard InChI is InChI=1S/C16H18N6O3/c1-11(19-14(23)7-8-22-9-17-18-10-22)16-20-15(21-25-16)12-3-5-13(24-2)6-4-12/h3-6,9-11H,7-8H2,1-2H3,(H,19,23)/t11-/m1/s1. The van der Waals surface area contributed by atoms with E-state index < -0.39 is 0 Å². The number of aromatic nitrogens is 5. The van der Waals surface area contributed by atoms with Gasteiger partial charge in [0.15, 0.2) is 0 Å². The van der Waals surface area contributed by atoms with Gasteiger partial charge in [-0.2, -0.15) is 4.98 Å². The lowest BCUT2D eigenvalue weighted by molar-refractivity contribution is -0.122. The van der Waals surface area contributed by atoms with E-state index in [9.17, 15) is 4.79 Å². The van der Waals surface area contributed by atoms with Crippen molar-refractivity contribution in [2.24, 2.45) is 0 Å². The first-order valence-electron chi connectivity index (χ1n) is 7.75. The molecule has 0 aliphatic rings. The third-order valence-corrected chi connectivity index (χ3v) is 3.60. The number of carbonyl (C=O) groups is 1. The van der Waals surface area contributed by atoms with Crippen molar-refractivity contribution in [2.75, 3.05) is 7.11 Å². The third kappa shape index (κ3) is 4.19. The van der Waals surface area contributed by atoms with Crippen LogP contribution in [0.4, 0.5) is 0 Å². The Labute approximate surface area is 144 Å². The molecule has 0 saturated heterocycles. The van der Waals surface area contributed by atoms with Crippen LogP contribution in [0.2, 0.25) is 0 Å². The molecule has 0 spiro atoms. The Bertz CT molecular complexity index is 813. The SMILES string of the molecule is COc1ccc(-c2noc([C@@H](C)NC(=O)CCn3cnnc3)n2)cc1. The van der Waals surface area contributed by atoms with Crippen molar-refractivity contribution < 1.29 is 14.1 Å². The quantitative estimate of drug-likeness (QED) is 0.695. The van der Waals surface area contributed by atoms with E-state index in [0.29, 0.717) is 24.7 Å². The Morgan fingerprint density at radius 3 is 2.68 bits per heavy atom. The van der Waals surface area contributed by atoms with Crippen LogP contribution in [0.3, 0.4) is 0 Å². The second-order valence-electron chi connectivity index (χ2n) is 5.42. The van der Waals surface area contributed by atoms with E-state index in [1.165, 1.54) is 0 Å². The van der Waals surface area contributed by atoms with Gasteiger partial charge in [-0.15, -0.1) is 10.2 Å². The van der Waals surface area contributed by atoms with Crippen LogP contribution < -0.4 is 10.1 Å². The van der Waals surface area contributed by atoms with E-state index in [2.05, 4.69) is 25.7 Å². The molecule has 0 unspecified atom stereocenters. The van der Waals surface area contributed by atoms with Crippen LogP contribution in [-0.4, -0.2) is 37.9 Å². The molecule has 0 aliphatic heterocycles. The number of nitrogens with one attached hydrogen (secondary N) is 1. The first kappa shape index (κ1) is 16.6. The number of carbonyl (C=O) groups excluding carboxylic acids is 1. The molecule has 25 heavy (non-hydrogen) atoms. The minimum atomic E-state index is -0.382. The summed E-state index contributed by atoms with van der Waals surface area (Å²) in [5, 5.41) is 14.2. The lowest BCUT2D eigenvalue weighted by Crippen LogP contribution is -2.27. The lowest BCUT2D eigenvalue weighted by Gasteiger charge is -2.09. The summed E-state index contributed by atoms with van der Waals surface area (Å²) < 4.78 is 12.1. The molecule has 0 aliphatic carbocycles. The molecule has 9 heteroatoms. The highest BCUT2D eigenvalue weighted by atomic mass is 16.5. The number of ether oxygens (including phenoxy) is 1. The molecule has 0 radical (unpaired) electrons. The molecule has 2 heterocycles. The number of benzene rings is 1. The lowest BCUT2D eigenvalue weighted by atomic mass is 10.2. The largest absolute Gasteiger partial charge is 0.497 e. The van der Waals surface area contributed by atoms with Crippen LogP contribution in [0.5, 0.6) is 5.75 Å². The van der Waals surface area contributed by atoms with E-state index in [1.807, 2.05) is 24.3 Å². The molecule has 3 rings (SSSR count). The number of hydrogen-bond acceptors (Lipinski definition) is 7. The molecule has 2 aromatic heterocycles. The summed E-state index contributed by atoms with van der Waals surface area (Å²) in [6.07, 6.45) is 3.44. The zero-order valence-electron chi connectivity index (χ0n) is 13.9. The van der Waals surface area contributed by atoms with E-state index in [4.69, 9.17) is 9.26 Å². The van der Waals surface area contributed by atoms with Gasteiger partial charge in [-0.1, -0.05) is 5.16 Å². The van der Waals surface area contributed by atoms with Gasteiger partial charge in [-0.05, 0) is 31.2 Å². The number of amides is 1. The number of methoxy groups -OCH3 is 1. The van der Waals surface area contributed by atoms with Gasteiger partial charge < -0.3 is 19.1 Å². The average molecular weight is 342 g/mol. The summed E-state index contributed by atoms with van der Waals surface area (Å²) in [6.45, 7) is 2.30. The summed E-state index contributed by atoms with van der Waals surface area (Å²) in [7, 11) is 1.61. The zero-order valence-corrected chi connectivity index (χ0v) is 13.9. The molecular weight excluding hydrogens is 324 g/mol. The molecule has 0 saturated carbocycles. The van der Waals surface area contributed by atoms with Crippen LogP contribution in [0, 0.1) is 0 Å². The fraction of sp³-hybridized carbons (Fsp3) is 0.312. The summed E-state index contributed by atoms with van der Waals surface area (Å²) in [6, 6.07) is 6.95. The first-order valence-corrected chi connectivity index (χ1v) is 7.75. The van der Waals surface area contributed by atoms with Crippen molar-refractivity contribution >= 4 is 5.91 Å². The van der Waals surface area contributed by atoms with Crippen LogP contribution in [0.15, 0.2) is 41.4 Å². The van der Waals surface area contributed by atoms with Crippen LogP contribution in [0.25, 0.3) is 11.4 Å². The molecule has 3 aromatic rings. The van der Waals surface area contributed by atoms with E-state index >= 15 is 0 Å². The van der Waals surface area contributed by atoms with Crippen LogP contribution in [-0.2, 0) is 11.3 Å². The van der Waals surface area contributed by atoms with Gasteiger partial charge in [0.1, 0.15) is 24.4 Å². The Morgan fingerprint density at radius 1 is 1.28 bits per heavy atom. The van der Waals surface area contributed by atoms with E-state index in [1.54, 1.807) is 31.3 Å². The fourth-order valence-electron chi connectivity index (χ4n) is 2.21. The maximum atomic E-state index is 12.0. The van der Waals surface area contributed by atoms with Crippen molar-refractivity contribution in [1.82, 2.24) is 30.2 Å². The molecule has 1 N–H and O–H groups in total. The van der Waals surface area contributed by atoms with Crippen molar-refractivity contribution in [1.29, 1.82) is 0 Å². The molecule has 1 amide bonds. The van der Waals surface area contributed by atoms with E-state index in [-0.39, 0.29) is 11.9 Å². The predicted molar refractivity (Wildman–Crippen MR) is 87.5 cm³/mol. The van der Waals surface area contributed by atoms with Crippen LogP contribution >= 0.6 is 0 Å². The van der Waals surface area contributed by atoms with Gasteiger partial charge in [-0.25, -0.2) is 0 Å². The first-order chi connectivity index (χ1) is 12.2. The zero-order chi connectivity index (χ0) is 17.6. The minimum absolute atomic E-state index is 0.120. The normalized spacial score (nSPS) is 11.9. The molecule has 0 fully saturated rings. The average Bonchev–Trinajstić information content (AvgIpc) is 3.32. The Kier molecular flexibility index (Phi) is 5.03. The summed E-state index contributed by atoms with van der Waals surface area (Å²) in [5.74, 6) is 1.44. The molecular formula is C16H18N6O3. The molecule has 130 valence electrons. The summed E-state index contributed by atoms with van der Waals surface area (Å²) in [5.41, 5.74) is 0.807. The summed E-state index contributed by atoms with van der Waals surface area (Å²) >= 11 is 0. The number of hydrogen-bond donors (Lipinski definition) is 1. The second kappa shape index (κ2) is 7.56. The van der Waals surface area contributed by atoms with Crippen molar-refractivity contribution in [3.8, 4) is 17.1 Å². The van der Waals surface area contributed by atoms with Crippen molar-refractivity contribution in [3.05, 3.63) is 42.8 Å². The maximum absolute atomic E-state index is 12.0. The molecule has 1 aromatic carbocycles. The molecule has 9 nitrogen and oxygen atoms in total. The maximum Gasteiger partial charge on any atom is 0.249 e. The van der Waals surface area contributed by atoms with Gasteiger partial charge in [-0.3, -0.25) is 4.79 Å². The van der Waals surface area contributed by atoms with Crippen LogP contribution in [0.1, 0.15) is 25.3 Å². The Morgan fingerprint density at radius 2 is 2.00 bits per heavy atom.